The van der Waals surface area contributed by atoms with Crippen molar-refractivity contribution in [3.05, 3.63) is 63.5 Å². The van der Waals surface area contributed by atoms with Crippen LogP contribution in [0.25, 0.3) is 5.69 Å². The number of aromatic nitrogens is 3. The minimum absolute atomic E-state index is 0.0430. The number of rotatable bonds is 6. The molecule has 1 unspecified atom stereocenters. The summed E-state index contributed by atoms with van der Waals surface area (Å²) in [5.74, 6) is 1.02. The second kappa shape index (κ2) is 9.30. The smallest absolute Gasteiger partial charge is 0.352 e. The predicted molar refractivity (Wildman–Crippen MR) is 165 cm³/mol. The summed E-state index contributed by atoms with van der Waals surface area (Å²) in [6.45, 7) is 10.7. The molecule has 2 spiro atoms. The lowest BCUT2D eigenvalue weighted by atomic mass is 9.40. The van der Waals surface area contributed by atoms with Crippen molar-refractivity contribution in [1.29, 1.82) is 0 Å². The molecule has 3 saturated carbocycles. The van der Waals surface area contributed by atoms with Crippen LogP contribution in [0.4, 0.5) is 0 Å². The van der Waals surface area contributed by atoms with E-state index in [1.165, 1.54) is 4.57 Å². The first kappa shape index (κ1) is 29.3. The van der Waals surface area contributed by atoms with Gasteiger partial charge in [-0.3, -0.25) is 0 Å². The minimum Gasteiger partial charge on any atom is -0.393 e. The first-order valence-electron chi connectivity index (χ1n) is 16.5. The molecule has 0 radical (unpaired) electrons. The molecule has 3 N–H and O–H groups in total. The Morgan fingerprint density at radius 1 is 0.977 bits per heavy atom. The monoisotopic (exact) mass is 591 g/mol. The molecule has 3 heterocycles. The molecule has 10 atom stereocenters. The highest BCUT2D eigenvalue weighted by Crippen LogP contribution is 2.74. The van der Waals surface area contributed by atoms with E-state index in [0.29, 0.717) is 23.9 Å². The van der Waals surface area contributed by atoms with Crippen molar-refractivity contribution >= 4 is 0 Å². The summed E-state index contributed by atoms with van der Waals surface area (Å²) in [6.07, 6.45) is 10.0. The number of nitrogens with zero attached hydrogens (tertiary/aromatic N) is 3. The van der Waals surface area contributed by atoms with Gasteiger partial charge < -0.3 is 15.3 Å². The highest BCUT2D eigenvalue weighted by molar-refractivity contribution is 5.38. The molecule has 8 rings (SSSR count). The SMILES string of the molecule is C[C@@H](CCCC(C)(C)O)[C@@H]1CC[C@H]2[C@]1(C)CCC1[C@@]23C=C[C@@]2(C[C@@H](O)C[C@@H](O)[C@]12C)n1c(=O)n(-c2ccccc2)c(=O)n13. The fraction of sp³-hybridized carbons (Fsp3) is 0.714. The second-order valence-electron chi connectivity index (χ2n) is 15.9. The molecule has 43 heavy (non-hydrogen) atoms. The van der Waals surface area contributed by atoms with Crippen LogP contribution in [0.1, 0.15) is 92.4 Å². The summed E-state index contributed by atoms with van der Waals surface area (Å²) in [6, 6.07) is 9.15. The van der Waals surface area contributed by atoms with Gasteiger partial charge in [0.05, 0.1) is 34.6 Å². The lowest BCUT2D eigenvalue weighted by Crippen LogP contribution is -2.79. The summed E-state index contributed by atoms with van der Waals surface area (Å²) in [7, 11) is 0. The molecule has 1 aromatic carbocycles. The van der Waals surface area contributed by atoms with E-state index in [2.05, 4.69) is 32.9 Å². The second-order valence-corrected chi connectivity index (χ2v) is 15.9. The molecule has 8 heteroatoms. The maximum Gasteiger partial charge on any atom is 0.352 e. The Morgan fingerprint density at radius 2 is 1.67 bits per heavy atom. The molecule has 4 aliphatic carbocycles. The fourth-order valence-electron chi connectivity index (χ4n) is 11.5. The molecule has 2 aromatic rings. The van der Waals surface area contributed by atoms with Gasteiger partial charge in [-0.05, 0) is 93.6 Å². The van der Waals surface area contributed by atoms with E-state index < -0.39 is 40.0 Å². The molecule has 0 saturated heterocycles. The Labute approximate surface area is 254 Å². The molecule has 2 bridgehead atoms. The van der Waals surface area contributed by atoms with Gasteiger partial charge in [-0.25, -0.2) is 23.5 Å². The number of aliphatic hydroxyl groups is 3. The van der Waals surface area contributed by atoms with Crippen molar-refractivity contribution < 1.29 is 15.3 Å². The maximum absolute atomic E-state index is 14.7. The number of hydrogen-bond acceptors (Lipinski definition) is 5. The number of aliphatic hydroxyl groups excluding tert-OH is 2. The zero-order chi connectivity index (χ0) is 30.7. The average Bonchev–Trinajstić information content (AvgIpc) is 3.44. The normalized spacial score (nSPS) is 41.8. The van der Waals surface area contributed by atoms with E-state index in [-0.39, 0.29) is 29.4 Å². The highest BCUT2D eigenvalue weighted by atomic mass is 16.3. The molecule has 1 aromatic heterocycles. The topological polar surface area (TPSA) is 110 Å². The molecule has 3 fully saturated rings. The van der Waals surface area contributed by atoms with Crippen LogP contribution in [-0.2, 0) is 11.1 Å². The van der Waals surface area contributed by atoms with Crippen LogP contribution in [0.5, 0.6) is 0 Å². The summed E-state index contributed by atoms with van der Waals surface area (Å²) >= 11 is 0. The Bertz CT molecular complexity index is 1570. The van der Waals surface area contributed by atoms with Crippen LogP contribution in [-0.4, -0.2) is 47.1 Å². The van der Waals surface area contributed by atoms with Gasteiger partial charge in [-0.1, -0.05) is 64.0 Å². The molecule has 6 aliphatic rings. The number of hydrogen-bond donors (Lipinski definition) is 3. The third-order valence-corrected chi connectivity index (χ3v) is 13.4. The Morgan fingerprint density at radius 3 is 2.37 bits per heavy atom. The van der Waals surface area contributed by atoms with Gasteiger partial charge in [-0.2, -0.15) is 0 Å². The van der Waals surface area contributed by atoms with Crippen molar-refractivity contribution in [2.24, 2.45) is 34.5 Å². The molecule has 2 aliphatic heterocycles. The van der Waals surface area contributed by atoms with E-state index in [0.717, 1.165) is 44.9 Å². The predicted octanol–water partition coefficient (Wildman–Crippen LogP) is 4.32. The molecular weight excluding hydrogens is 542 g/mol. The van der Waals surface area contributed by atoms with E-state index in [1.54, 1.807) is 16.8 Å². The number of benzene rings is 1. The van der Waals surface area contributed by atoms with Gasteiger partial charge in [0.2, 0.25) is 0 Å². The van der Waals surface area contributed by atoms with Crippen LogP contribution >= 0.6 is 0 Å². The summed E-state index contributed by atoms with van der Waals surface area (Å²) < 4.78 is 4.80. The van der Waals surface area contributed by atoms with Crippen molar-refractivity contribution in [3.8, 4) is 5.69 Å². The van der Waals surface area contributed by atoms with E-state index in [4.69, 9.17) is 0 Å². The summed E-state index contributed by atoms with van der Waals surface area (Å²) in [4.78, 5) is 29.2. The molecular formula is C35H49N3O5. The van der Waals surface area contributed by atoms with Crippen LogP contribution < -0.4 is 11.4 Å². The van der Waals surface area contributed by atoms with Gasteiger partial charge in [0.15, 0.2) is 0 Å². The van der Waals surface area contributed by atoms with Crippen molar-refractivity contribution in [2.45, 2.75) is 121 Å². The largest absolute Gasteiger partial charge is 0.393 e. The van der Waals surface area contributed by atoms with Gasteiger partial charge in [0.25, 0.3) is 0 Å². The van der Waals surface area contributed by atoms with Gasteiger partial charge in [0.1, 0.15) is 0 Å². The van der Waals surface area contributed by atoms with Gasteiger partial charge in [0, 0.05) is 11.8 Å². The number of fused-ring (bicyclic) bond motifs is 1. The van der Waals surface area contributed by atoms with Gasteiger partial charge in [-0.15, -0.1) is 0 Å². The lowest BCUT2D eigenvalue weighted by Gasteiger charge is -2.72. The van der Waals surface area contributed by atoms with Crippen LogP contribution in [0.15, 0.2) is 52.1 Å². The number of allylic oxidation sites excluding steroid dienone is 2. The van der Waals surface area contributed by atoms with Crippen molar-refractivity contribution in [1.82, 2.24) is 13.9 Å². The Balaban J connectivity index is 1.42. The molecule has 8 nitrogen and oxygen atoms in total. The molecule has 0 amide bonds. The maximum atomic E-state index is 14.7. The Kier molecular flexibility index (Phi) is 6.34. The third-order valence-electron chi connectivity index (χ3n) is 13.4. The minimum atomic E-state index is -0.997. The van der Waals surface area contributed by atoms with E-state index >= 15 is 0 Å². The first-order chi connectivity index (χ1) is 20.2. The zero-order valence-corrected chi connectivity index (χ0v) is 26.4. The average molecular weight is 592 g/mol. The standard InChI is InChI=1S/C35H49N3O5/c1-22(10-9-16-31(2,3)43)25-13-14-26-32(25,4)17-15-27-33(5)28(40)20-24(39)21-34(33)18-19-35(26,27)38-30(42)36(29(41)37(34)38)23-11-7-6-8-12-23/h6-8,11-12,18-19,22,24-28,39-40,43H,9-10,13-17,20-21H2,1-5H3/t22-,24-,25-,26-,27?,28+,32+,33-,34-,35+/m0/s1. The van der Waals surface area contributed by atoms with E-state index in [9.17, 15) is 24.9 Å². The van der Waals surface area contributed by atoms with E-state index in [1.807, 2.05) is 36.7 Å². The fourth-order valence-corrected chi connectivity index (χ4v) is 11.5. The summed E-state index contributed by atoms with van der Waals surface area (Å²) in [5.41, 5.74) is -3.35. The third kappa shape index (κ3) is 3.60. The van der Waals surface area contributed by atoms with Crippen molar-refractivity contribution in [3.63, 3.8) is 0 Å². The molecule has 234 valence electrons. The number of para-hydroxylation sites is 1. The van der Waals surface area contributed by atoms with Crippen LogP contribution in [0.3, 0.4) is 0 Å². The van der Waals surface area contributed by atoms with Crippen LogP contribution in [0.2, 0.25) is 0 Å². The van der Waals surface area contributed by atoms with Crippen LogP contribution in [0, 0.1) is 34.5 Å². The van der Waals surface area contributed by atoms with Gasteiger partial charge >= 0.3 is 11.4 Å². The lowest BCUT2D eigenvalue weighted by molar-refractivity contribution is -0.238. The first-order valence-corrected chi connectivity index (χ1v) is 16.5. The highest BCUT2D eigenvalue weighted by Gasteiger charge is 2.76. The quantitative estimate of drug-likeness (QED) is 0.434. The van der Waals surface area contributed by atoms with Crippen molar-refractivity contribution in [2.75, 3.05) is 0 Å². The zero-order valence-electron chi connectivity index (χ0n) is 26.4. The summed E-state index contributed by atoms with van der Waals surface area (Å²) in [5, 5.41) is 33.2. The Hall–Kier alpha value is -2.42.